The van der Waals surface area contributed by atoms with E-state index in [9.17, 15) is 9.18 Å². The molecule has 0 atom stereocenters. The van der Waals surface area contributed by atoms with Crippen molar-refractivity contribution in [2.45, 2.75) is 18.6 Å². The van der Waals surface area contributed by atoms with E-state index in [-0.39, 0.29) is 17.5 Å². The molecule has 2 N–H and O–H groups in total. The molecule has 0 unspecified atom stereocenters. The lowest BCUT2D eigenvalue weighted by atomic mass is 10.2. The van der Waals surface area contributed by atoms with Crippen LogP contribution < -0.4 is 10.6 Å². The number of carbonyl (C=O) groups is 1. The van der Waals surface area contributed by atoms with Crippen LogP contribution >= 0.6 is 27.7 Å². The molecule has 0 radical (unpaired) electrons. The molecule has 0 aliphatic rings. The summed E-state index contributed by atoms with van der Waals surface area (Å²) in [5.41, 5.74) is 2.64. The first kappa shape index (κ1) is 20.3. The maximum atomic E-state index is 13.0. The molecular formula is C19H19BrFN5OS. The Kier molecular flexibility index (Phi) is 6.69. The van der Waals surface area contributed by atoms with Gasteiger partial charge in [0.15, 0.2) is 11.0 Å². The fourth-order valence-corrected chi connectivity index (χ4v) is 3.73. The molecule has 6 nitrogen and oxygen atoms in total. The zero-order valence-electron chi connectivity index (χ0n) is 15.4. The van der Waals surface area contributed by atoms with Crippen molar-refractivity contribution in [2.24, 2.45) is 7.05 Å². The Morgan fingerprint density at radius 3 is 2.68 bits per heavy atom. The van der Waals surface area contributed by atoms with Crippen molar-refractivity contribution in [1.29, 1.82) is 0 Å². The molecule has 0 bridgehead atoms. The van der Waals surface area contributed by atoms with Gasteiger partial charge in [-0.25, -0.2) is 4.39 Å². The van der Waals surface area contributed by atoms with Crippen molar-refractivity contribution in [3.63, 3.8) is 0 Å². The third kappa shape index (κ3) is 5.32. The lowest BCUT2D eigenvalue weighted by Crippen LogP contribution is -2.15. The highest BCUT2D eigenvalue weighted by molar-refractivity contribution is 9.10. The number of nitrogens with zero attached hydrogens (tertiary/aromatic N) is 3. The zero-order valence-corrected chi connectivity index (χ0v) is 17.8. The Hall–Kier alpha value is -2.39. The number of carbonyl (C=O) groups excluding carboxylic acids is 1. The number of benzene rings is 2. The molecule has 0 saturated carbocycles. The van der Waals surface area contributed by atoms with E-state index in [0.29, 0.717) is 17.5 Å². The number of anilines is 2. The largest absolute Gasteiger partial charge is 0.378 e. The number of hydrogen-bond acceptors (Lipinski definition) is 5. The minimum Gasteiger partial charge on any atom is -0.378 e. The van der Waals surface area contributed by atoms with Gasteiger partial charge in [0.1, 0.15) is 5.82 Å². The number of rotatable bonds is 7. The van der Waals surface area contributed by atoms with Crippen molar-refractivity contribution in [2.75, 3.05) is 16.4 Å². The normalized spacial score (nSPS) is 10.7. The van der Waals surface area contributed by atoms with E-state index in [2.05, 4.69) is 36.8 Å². The lowest BCUT2D eigenvalue weighted by Gasteiger charge is -2.08. The number of thioether (sulfide) groups is 1. The van der Waals surface area contributed by atoms with Gasteiger partial charge in [0.05, 0.1) is 18.0 Å². The molecular weight excluding hydrogens is 445 g/mol. The maximum absolute atomic E-state index is 13.0. The van der Waals surface area contributed by atoms with Gasteiger partial charge in [-0.15, -0.1) is 10.2 Å². The van der Waals surface area contributed by atoms with Crippen LogP contribution in [0.4, 0.5) is 15.8 Å². The molecule has 0 aliphatic carbocycles. The lowest BCUT2D eigenvalue weighted by molar-refractivity contribution is -0.113. The van der Waals surface area contributed by atoms with Gasteiger partial charge in [0.2, 0.25) is 5.91 Å². The summed E-state index contributed by atoms with van der Waals surface area (Å²) in [6.07, 6.45) is 0. The van der Waals surface area contributed by atoms with Gasteiger partial charge in [0.25, 0.3) is 0 Å². The smallest absolute Gasteiger partial charge is 0.234 e. The Morgan fingerprint density at radius 2 is 1.96 bits per heavy atom. The highest BCUT2D eigenvalue weighted by Crippen LogP contribution is 2.24. The number of amides is 1. The fraction of sp³-hybridized carbons (Fsp3) is 0.211. The summed E-state index contributed by atoms with van der Waals surface area (Å²) in [6.45, 7) is 2.43. The molecule has 3 rings (SSSR count). The number of halogens is 2. The van der Waals surface area contributed by atoms with E-state index < -0.39 is 0 Å². The predicted octanol–water partition coefficient (Wildman–Crippen LogP) is 4.37. The van der Waals surface area contributed by atoms with Gasteiger partial charge in [0, 0.05) is 17.2 Å². The SMILES string of the molecule is Cc1ccc(NC(=O)CSc2nnc(CNc3ccc(F)cc3)n2C)c(Br)c1. The number of nitrogens with one attached hydrogen (secondary N) is 2. The first-order chi connectivity index (χ1) is 13.4. The molecule has 0 fully saturated rings. The molecule has 1 heterocycles. The average molecular weight is 464 g/mol. The van der Waals surface area contributed by atoms with Crippen LogP contribution in [0.1, 0.15) is 11.4 Å². The Morgan fingerprint density at radius 1 is 1.21 bits per heavy atom. The number of aryl methyl sites for hydroxylation is 1. The highest BCUT2D eigenvalue weighted by atomic mass is 79.9. The monoisotopic (exact) mass is 463 g/mol. The van der Waals surface area contributed by atoms with Gasteiger partial charge in [-0.2, -0.15) is 0 Å². The van der Waals surface area contributed by atoms with Crippen LogP contribution in [0, 0.1) is 12.7 Å². The average Bonchev–Trinajstić information content (AvgIpc) is 3.02. The Labute approximate surface area is 175 Å². The third-order valence-corrected chi connectivity index (χ3v) is 5.63. The van der Waals surface area contributed by atoms with Crippen molar-refractivity contribution >= 4 is 45.0 Å². The quantitative estimate of drug-likeness (QED) is 0.509. The molecule has 0 saturated heterocycles. The molecule has 1 aromatic heterocycles. The fourth-order valence-electron chi connectivity index (χ4n) is 2.41. The molecule has 28 heavy (non-hydrogen) atoms. The summed E-state index contributed by atoms with van der Waals surface area (Å²) in [6, 6.07) is 11.9. The first-order valence-electron chi connectivity index (χ1n) is 8.49. The zero-order chi connectivity index (χ0) is 20.1. The van der Waals surface area contributed by atoms with E-state index in [1.807, 2.05) is 36.7 Å². The van der Waals surface area contributed by atoms with Crippen LogP contribution in [0.3, 0.4) is 0 Å². The van der Waals surface area contributed by atoms with Crippen LogP contribution in [0.15, 0.2) is 52.1 Å². The summed E-state index contributed by atoms with van der Waals surface area (Å²) >= 11 is 4.76. The number of hydrogen-bond donors (Lipinski definition) is 2. The summed E-state index contributed by atoms with van der Waals surface area (Å²) in [5, 5.41) is 15.0. The second-order valence-corrected chi connectivity index (χ2v) is 7.94. The van der Waals surface area contributed by atoms with Gasteiger partial charge < -0.3 is 15.2 Å². The summed E-state index contributed by atoms with van der Waals surface area (Å²) < 4.78 is 15.6. The minimum atomic E-state index is -0.279. The van der Waals surface area contributed by atoms with Gasteiger partial charge in [-0.1, -0.05) is 17.8 Å². The molecule has 3 aromatic rings. The first-order valence-corrected chi connectivity index (χ1v) is 10.3. The van der Waals surface area contributed by atoms with E-state index in [1.165, 1.54) is 23.9 Å². The molecule has 0 aliphatic heterocycles. The van der Waals surface area contributed by atoms with E-state index in [4.69, 9.17) is 0 Å². The van der Waals surface area contributed by atoms with Crippen LogP contribution in [0.2, 0.25) is 0 Å². The predicted molar refractivity (Wildman–Crippen MR) is 113 cm³/mol. The van der Waals surface area contributed by atoms with Crippen LogP contribution in [0.5, 0.6) is 0 Å². The van der Waals surface area contributed by atoms with Crippen LogP contribution in [0.25, 0.3) is 0 Å². The minimum absolute atomic E-state index is 0.122. The Balaban J connectivity index is 1.53. The van der Waals surface area contributed by atoms with Gasteiger partial charge in [-0.3, -0.25) is 4.79 Å². The van der Waals surface area contributed by atoms with E-state index in [0.717, 1.165) is 21.4 Å². The van der Waals surface area contributed by atoms with Crippen molar-refractivity contribution in [1.82, 2.24) is 14.8 Å². The second kappa shape index (κ2) is 9.20. The van der Waals surface area contributed by atoms with E-state index in [1.54, 1.807) is 12.1 Å². The molecule has 0 spiro atoms. The van der Waals surface area contributed by atoms with E-state index >= 15 is 0 Å². The highest BCUT2D eigenvalue weighted by Gasteiger charge is 2.12. The molecule has 1 amide bonds. The van der Waals surface area contributed by atoms with Gasteiger partial charge >= 0.3 is 0 Å². The molecule has 2 aromatic carbocycles. The Bertz CT molecular complexity index is 977. The van der Waals surface area contributed by atoms with Crippen molar-refractivity contribution in [3.05, 3.63) is 64.1 Å². The standard InChI is InChI=1S/C19H19BrFN5OS/c1-12-3-8-16(15(20)9-12)23-18(27)11-28-19-25-24-17(26(19)2)10-22-14-6-4-13(21)5-7-14/h3-9,22H,10-11H2,1-2H3,(H,23,27). The van der Waals surface area contributed by atoms with Crippen LogP contribution in [-0.4, -0.2) is 26.4 Å². The topological polar surface area (TPSA) is 71.8 Å². The summed E-state index contributed by atoms with van der Waals surface area (Å²) in [4.78, 5) is 12.2. The van der Waals surface area contributed by atoms with Gasteiger partial charge in [-0.05, 0) is 64.8 Å². The second-order valence-electron chi connectivity index (χ2n) is 6.14. The third-order valence-electron chi connectivity index (χ3n) is 3.95. The van der Waals surface area contributed by atoms with Crippen LogP contribution in [-0.2, 0) is 18.4 Å². The summed E-state index contributed by atoms with van der Waals surface area (Å²) in [5.74, 6) is 0.536. The molecule has 146 valence electrons. The maximum Gasteiger partial charge on any atom is 0.234 e. The molecule has 9 heteroatoms. The van der Waals surface area contributed by atoms with Crippen molar-refractivity contribution in [3.8, 4) is 0 Å². The number of aromatic nitrogens is 3. The van der Waals surface area contributed by atoms with Crippen molar-refractivity contribution < 1.29 is 9.18 Å². The summed E-state index contributed by atoms with van der Waals surface area (Å²) in [7, 11) is 1.85.